The Hall–Kier alpha value is -1.44. The number of Topliss-reactive ketones (excluding diaryl/α,β-unsaturated/α-hetero) is 3. The SMILES string of the molecule is CCCCC(=O)CC1CC(=O)[C@@H]2C(CC(=O)[C@@]3(C)C2CC[C@@H]3CCCCC(O)OCCC(F)(F)C(F)(F)S(=O)(=O)O)C1. The molecule has 0 heterocycles. The Morgan fingerprint density at radius 3 is 2.45 bits per heavy atom. The van der Waals surface area contributed by atoms with Gasteiger partial charge in [0.15, 0.2) is 6.29 Å². The van der Waals surface area contributed by atoms with Gasteiger partial charge in [-0.15, -0.1) is 0 Å². The van der Waals surface area contributed by atoms with Crippen molar-refractivity contribution in [2.75, 3.05) is 6.61 Å². The lowest BCUT2D eigenvalue weighted by molar-refractivity contribution is -0.184. The van der Waals surface area contributed by atoms with Gasteiger partial charge < -0.3 is 9.84 Å². The zero-order valence-electron chi connectivity index (χ0n) is 24.3. The van der Waals surface area contributed by atoms with Crippen LogP contribution in [-0.4, -0.2) is 59.5 Å². The van der Waals surface area contributed by atoms with Gasteiger partial charge >= 0.3 is 21.3 Å². The van der Waals surface area contributed by atoms with Crippen LogP contribution in [0.3, 0.4) is 0 Å². The summed E-state index contributed by atoms with van der Waals surface area (Å²) >= 11 is 0. The number of hydrogen-bond acceptors (Lipinski definition) is 7. The second-order valence-electron chi connectivity index (χ2n) is 12.8. The largest absolute Gasteiger partial charge is 0.431 e. The van der Waals surface area contributed by atoms with E-state index in [2.05, 4.69) is 0 Å². The van der Waals surface area contributed by atoms with Gasteiger partial charge in [0, 0.05) is 43.4 Å². The summed E-state index contributed by atoms with van der Waals surface area (Å²) in [5.74, 6) is -4.72. The summed E-state index contributed by atoms with van der Waals surface area (Å²) in [6.45, 7) is 2.93. The Morgan fingerprint density at radius 1 is 1.12 bits per heavy atom. The van der Waals surface area contributed by atoms with Crippen LogP contribution >= 0.6 is 0 Å². The van der Waals surface area contributed by atoms with Gasteiger partial charge in [0.1, 0.15) is 17.3 Å². The zero-order chi connectivity index (χ0) is 31.5. The molecule has 42 heavy (non-hydrogen) atoms. The van der Waals surface area contributed by atoms with E-state index in [0.717, 1.165) is 32.1 Å². The molecule has 0 amide bonds. The van der Waals surface area contributed by atoms with E-state index >= 15 is 0 Å². The third-order valence-corrected chi connectivity index (χ3v) is 10.9. The summed E-state index contributed by atoms with van der Waals surface area (Å²) in [6.07, 6.45) is 4.15. The number of hydrogen-bond donors (Lipinski definition) is 2. The third-order valence-electron chi connectivity index (χ3n) is 9.99. The van der Waals surface area contributed by atoms with E-state index in [-0.39, 0.29) is 53.4 Å². The molecular formula is C29H44F4O8S. The molecule has 0 aliphatic heterocycles. The Balaban J connectivity index is 1.46. The zero-order valence-corrected chi connectivity index (χ0v) is 25.2. The number of alkyl halides is 4. The molecule has 242 valence electrons. The van der Waals surface area contributed by atoms with Crippen molar-refractivity contribution in [2.24, 2.45) is 35.0 Å². The summed E-state index contributed by atoms with van der Waals surface area (Å²) in [5, 5.41) is 4.24. The second-order valence-corrected chi connectivity index (χ2v) is 14.2. The van der Waals surface area contributed by atoms with Crippen LogP contribution in [0.25, 0.3) is 0 Å². The van der Waals surface area contributed by atoms with Gasteiger partial charge in [-0.1, -0.05) is 26.7 Å². The fourth-order valence-corrected chi connectivity index (χ4v) is 8.16. The summed E-state index contributed by atoms with van der Waals surface area (Å²) in [6, 6.07) is 0. The van der Waals surface area contributed by atoms with Crippen LogP contribution in [0.1, 0.15) is 104 Å². The molecule has 0 spiro atoms. The molecule has 0 aromatic rings. The van der Waals surface area contributed by atoms with E-state index in [4.69, 9.17) is 9.29 Å². The average molecular weight is 629 g/mol. The van der Waals surface area contributed by atoms with E-state index in [9.17, 15) is 45.5 Å². The normalized spacial score (nSPS) is 31.1. The molecule has 8 nitrogen and oxygen atoms in total. The summed E-state index contributed by atoms with van der Waals surface area (Å²) < 4.78 is 87.9. The van der Waals surface area contributed by atoms with Crippen molar-refractivity contribution >= 4 is 27.5 Å². The van der Waals surface area contributed by atoms with Crippen molar-refractivity contribution in [2.45, 2.75) is 121 Å². The van der Waals surface area contributed by atoms with Crippen LogP contribution in [0.2, 0.25) is 0 Å². The monoisotopic (exact) mass is 628 g/mol. The predicted octanol–water partition coefficient (Wildman–Crippen LogP) is 5.75. The molecule has 3 rings (SSSR count). The van der Waals surface area contributed by atoms with Gasteiger partial charge in [-0.05, 0) is 68.6 Å². The van der Waals surface area contributed by atoms with Gasteiger partial charge in [-0.3, -0.25) is 18.9 Å². The molecule has 0 saturated heterocycles. The Kier molecular flexibility index (Phi) is 11.4. The number of unbranched alkanes of at least 4 members (excludes halogenated alkanes) is 2. The number of aliphatic hydroxyl groups is 1. The number of fused-ring (bicyclic) bond motifs is 3. The van der Waals surface area contributed by atoms with E-state index in [1.54, 1.807) is 0 Å². The van der Waals surface area contributed by atoms with Crippen LogP contribution in [0.15, 0.2) is 0 Å². The molecule has 3 fully saturated rings. The van der Waals surface area contributed by atoms with E-state index in [1.807, 2.05) is 13.8 Å². The maximum absolute atomic E-state index is 13.6. The lowest BCUT2D eigenvalue weighted by Gasteiger charge is -2.49. The number of carbonyl (C=O) groups is 3. The molecule has 0 bridgehead atoms. The quantitative estimate of drug-likeness (QED) is 0.0955. The topological polar surface area (TPSA) is 135 Å². The van der Waals surface area contributed by atoms with Crippen LogP contribution in [0.5, 0.6) is 0 Å². The van der Waals surface area contributed by atoms with Gasteiger partial charge in [-0.2, -0.15) is 26.0 Å². The first-order valence-electron chi connectivity index (χ1n) is 15.1. The molecule has 3 aliphatic rings. The molecule has 0 radical (unpaired) electrons. The Bertz CT molecular complexity index is 1100. The molecule has 7 atom stereocenters. The molecule has 0 aromatic carbocycles. The van der Waals surface area contributed by atoms with E-state index in [0.29, 0.717) is 44.9 Å². The van der Waals surface area contributed by atoms with Gasteiger partial charge in [0.05, 0.1) is 6.61 Å². The third kappa shape index (κ3) is 7.43. The van der Waals surface area contributed by atoms with Gasteiger partial charge in [-0.25, -0.2) is 0 Å². The van der Waals surface area contributed by atoms with Crippen molar-refractivity contribution in [3.05, 3.63) is 0 Å². The average Bonchev–Trinajstić information content (AvgIpc) is 3.21. The fraction of sp³-hybridized carbons (Fsp3) is 0.897. The highest BCUT2D eigenvalue weighted by molar-refractivity contribution is 7.87. The summed E-state index contributed by atoms with van der Waals surface area (Å²) in [4.78, 5) is 39.1. The molecule has 0 aromatic heterocycles. The van der Waals surface area contributed by atoms with E-state index < -0.39 is 46.0 Å². The van der Waals surface area contributed by atoms with Crippen LogP contribution in [-0.2, 0) is 29.2 Å². The van der Waals surface area contributed by atoms with E-state index in [1.165, 1.54) is 0 Å². The maximum atomic E-state index is 13.6. The van der Waals surface area contributed by atoms with Crippen LogP contribution in [0.4, 0.5) is 17.6 Å². The Labute approximate surface area is 245 Å². The van der Waals surface area contributed by atoms with Gasteiger partial charge in [0.25, 0.3) is 0 Å². The van der Waals surface area contributed by atoms with Crippen molar-refractivity contribution in [3.8, 4) is 0 Å². The summed E-state index contributed by atoms with van der Waals surface area (Å²) in [5.41, 5.74) is -0.625. The lowest BCUT2D eigenvalue weighted by Crippen LogP contribution is -2.52. The highest BCUT2D eigenvalue weighted by Crippen LogP contribution is 2.60. The molecule has 2 N–H and O–H groups in total. The highest BCUT2D eigenvalue weighted by Gasteiger charge is 2.65. The number of rotatable bonds is 16. The predicted molar refractivity (Wildman–Crippen MR) is 144 cm³/mol. The standard InChI is InChI=1S/C29H44F4O8S/c1-3-4-8-21(34)15-18-14-19-17-24(36)27(2)20(10-11-22(27)26(19)23(35)16-18)7-5-6-9-25(37)41-13-12-28(30,31)29(32,33)42(38,39)40/h18-20,22,25-26,37H,3-17H2,1-2H3,(H,38,39,40)/t18?,19?,20-,22?,25?,26+,27+/m0/s1. The first-order valence-corrected chi connectivity index (χ1v) is 16.5. The maximum Gasteiger partial charge on any atom is 0.431 e. The van der Waals surface area contributed by atoms with Crippen molar-refractivity contribution in [3.63, 3.8) is 0 Å². The molecular weight excluding hydrogens is 584 g/mol. The molecule has 3 saturated carbocycles. The van der Waals surface area contributed by atoms with Gasteiger partial charge in [0.2, 0.25) is 0 Å². The minimum Gasteiger partial charge on any atom is -0.368 e. The van der Waals surface area contributed by atoms with Crippen molar-refractivity contribution < 1.29 is 54.8 Å². The summed E-state index contributed by atoms with van der Waals surface area (Å²) in [7, 11) is -6.33. The fourth-order valence-electron chi connectivity index (χ4n) is 7.68. The highest BCUT2D eigenvalue weighted by atomic mass is 32.2. The molecule has 4 unspecified atom stereocenters. The number of ketones is 3. The number of halogens is 4. The second kappa shape index (κ2) is 13.7. The number of carbonyl (C=O) groups excluding carboxylic acids is 3. The number of ether oxygens (including phenoxy) is 1. The molecule has 3 aliphatic carbocycles. The number of aliphatic hydroxyl groups excluding tert-OH is 1. The molecule has 13 heteroatoms. The lowest BCUT2D eigenvalue weighted by atomic mass is 9.52. The minimum atomic E-state index is -6.33. The Morgan fingerprint density at radius 2 is 1.81 bits per heavy atom. The van der Waals surface area contributed by atoms with Crippen molar-refractivity contribution in [1.29, 1.82) is 0 Å². The van der Waals surface area contributed by atoms with Crippen LogP contribution in [0, 0.1) is 35.0 Å². The smallest absolute Gasteiger partial charge is 0.368 e. The first-order chi connectivity index (χ1) is 19.5. The van der Waals surface area contributed by atoms with Crippen molar-refractivity contribution in [1.82, 2.24) is 0 Å². The van der Waals surface area contributed by atoms with Crippen LogP contribution < -0.4 is 0 Å². The first kappa shape index (κ1) is 35.0. The minimum absolute atomic E-state index is 0.0107.